The maximum absolute atomic E-state index is 12.1. The number of hydrogen-bond acceptors (Lipinski definition) is 4. The summed E-state index contributed by atoms with van der Waals surface area (Å²) in [7, 11) is 0. The number of benzene rings is 1. The van der Waals surface area contributed by atoms with Crippen molar-refractivity contribution in [3.63, 3.8) is 0 Å². The fourth-order valence-corrected chi connectivity index (χ4v) is 2.80. The summed E-state index contributed by atoms with van der Waals surface area (Å²) in [5.74, 6) is -1.26. The Labute approximate surface area is 126 Å². The molecule has 0 radical (unpaired) electrons. The third-order valence-electron chi connectivity index (χ3n) is 3.06. The van der Waals surface area contributed by atoms with E-state index in [1.807, 2.05) is 6.92 Å². The Hall–Kier alpha value is -2.02. The molecule has 0 aromatic heterocycles. The van der Waals surface area contributed by atoms with Crippen molar-refractivity contribution < 1.29 is 19.5 Å². The minimum atomic E-state index is -1.05. The van der Waals surface area contributed by atoms with Crippen molar-refractivity contribution in [2.45, 2.75) is 30.7 Å². The van der Waals surface area contributed by atoms with Gasteiger partial charge in [0.2, 0.25) is 5.91 Å². The highest BCUT2D eigenvalue weighted by molar-refractivity contribution is 8.00. The van der Waals surface area contributed by atoms with Crippen molar-refractivity contribution in [3.05, 3.63) is 23.8 Å². The van der Waals surface area contributed by atoms with Gasteiger partial charge in [-0.25, -0.2) is 4.79 Å². The van der Waals surface area contributed by atoms with Gasteiger partial charge < -0.3 is 15.7 Å². The summed E-state index contributed by atoms with van der Waals surface area (Å²) >= 11 is 1.41. The molecule has 2 amide bonds. The topological polar surface area (TPSA) is 95.5 Å². The van der Waals surface area contributed by atoms with Gasteiger partial charge in [-0.2, -0.15) is 0 Å². The second-order valence-corrected chi connectivity index (χ2v) is 5.72. The number of hydrogen-bond donors (Lipinski definition) is 3. The van der Waals surface area contributed by atoms with E-state index in [0.717, 1.165) is 4.90 Å². The van der Waals surface area contributed by atoms with E-state index in [9.17, 15) is 14.4 Å². The third kappa shape index (κ3) is 3.75. The summed E-state index contributed by atoms with van der Waals surface area (Å²) in [6, 6.07) is 4.05. The second kappa shape index (κ2) is 6.62. The summed E-state index contributed by atoms with van der Waals surface area (Å²) in [6.07, 6.45) is 1.03. The zero-order valence-corrected chi connectivity index (χ0v) is 12.3. The summed E-state index contributed by atoms with van der Waals surface area (Å²) in [5, 5.41) is 14.2. The third-order valence-corrected chi connectivity index (χ3v) is 4.13. The zero-order valence-electron chi connectivity index (χ0n) is 11.5. The highest BCUT2D eigenvalue weighted by atomic mass is 32.2. The molecular formula is C14H16N2O4S. The standard InChI is InChI=1S/C14H16N2O4S/c1-2-3-9(14(19)20)16-13(18)8-4-5-11-10(6-8)15-12(17)7-21-11/h4-6,9H,2-3,7H2,1H3,(H,15,17)(H,16,18)(H,19,20)/t9-/m0/s1. The molecular weight excluding hydrogens is 292 g/mol. The Morgan fingerprint density at radius 1 is 1.48 bits per heavy atom. The molecule has 1 aromatic carbocycles. The number of anilines is 1. The fraction of sp³-hybridized carbons (Fsp3) is 0.357. The van der Waals surface area contributed by atoms with E-state index < -0.39 is 17.9 Å². The summed E-state index contributed by atoms with van der Waals surface area (Å²) < 4.78 is 0. The molecule has 1 aromatic rings. The first-order chi connectivity index (χ1) is 10.0. The molecule has 0 bridgehead atoms. The van der Waals surface area contributed by atoms with Gasteiger partial charge in [-0.15, -0.1) is 11.8 Å². The minimum absolute atomic E-state index is 0.112. The molecule has 0 saturated carbocycles. The molecule has 0 unspecified atom stereocenters. The zero-order chi connectivity index (χ0) is 15.4. The van der Waals surface area contributed by atoms with Gasteiger partial charge in [0, 0.05) is 10.5 Å². The Morgan fingerprint density at radius 3 is 2.90 bits per heavy atom. The SMILES string of the molecule is CCC[C@H](NC(=O)c1ccc2c(c1)NC(=O)CS2)C(=O)O. The summed E-state index contributed by atoms with van der Waals surface area (Å²) in [6.45, 7) is 1.85. The molecule has 0 saturated heterocycles. The lowest BCUT2D eigenvalue weighted by Crippen LogP contribution is -2.40. The Bertz CT molecular complexity index is 588. The predicted molar refractivity (Wildman–Crippen MR) is 79.6 cm³/mol. The average Bonchev–Trinajstić information content (AvgIpc) is 2.45. The molecule has 6 nitrogen and oxygen atoms in total. The molecule has 21 heavy (non-hydrogen) atoms. The van der Waals surface area contributed by atoms with Crippen LogP contribution in [0.2, 0.25) is 0 Å². The van der Waals surface area contributed by atoms with E-state index in [1.54, 1.807) is 18.2 Å². The highest BCUT2D eigenvalue weighted by Crippen LogP contribution is 2.31. The molecule has 1 atom stereocenters. The number of amides is 2. The van der Waals surface area contributed by atoms with Crippen molar-refractivity contribution >= 4 is 35.2 Å². The van der Waals surface area contributed by atoms with E-state index in [-0.39, 0.29) is 5.91 Å². The number of aliphatic carboxylic acids is 1. The number of carbonyl (C=O) groups excluding carboxylic acids is 2. The van der Waals surface area contributed by atoms with Gasteiger partial charge in [-0.1, -0.05) is 13.3 Å². The first-order valence-corrected chi connectivity index (χ1v) is 7.60. The molecule has 7 heteroatoms. The molecule has 1 aliphatic rings. The van der Waals surface area contributed by atoms with Gasteiger partial charge in [-0.3, -0.25) is 9.59 Å². The lowest BCUT2D eigenvalue weighted by Gasteiger charge is -2.18. The molecule has 1 aliphatic heterocycles. The first kappa shape index (κ1) is 15.4. The largest absolute Gasteiger partial charge is 0.480 e. The van der Waals surface area contributed by atoms with Crippen LogP contribution in [0, 0.1) is 0 Å². The van der Waals surface area contributed by atoms with Crippen LogP contribution < -0.4 is 10.6 Å². The number of rotatable bonds is 5. The van der Waals surface area contributed by atoms with Gasteiger partial charge in [0.1, 0.15) is 6.04 Å². The summed E-state index contributed by atoms with van der Waals surface area (Å²) in [5.41, 5.74) is 0.921. The van der Waals surface area contributed by atoms with Crippen molar-refractivity contribution in [3.8, 4) is 0 Å². The van der Waals surface area contributed by atoms with Crippen LogP contribution in [0.15, 0.2) is 23.1 Å². The normalized spacial score (nSPS) is 14.8. The molecule has 112 valence electrons. The Morgan fingerprint density at radius 2 is 2.24 bits per heavy atom. The van der Waals surface area contributed by atoms with Crippen LogP contribution in [0.1, 0.15) is 30.1 Å². The maximum atomic E-state index is 12.1. The molecule has 0 aliphatic carbocycles. The smallest absolute Gasteiger partial charge is 0.326 e. The van der Waals surface area contributed by atoms with Gasteiger partial charge in [0.05, 0.1) is 11.4 Å². The number of thioether (sulfide) groups is 1. The van der Waals surface area contributed by atoms with Crippen molar-refractivity contribution in [1.82, 2.24) is 5.32 Å². The maximum Gasteiger partial charge on any atom is 0.326 e. The number of fused-ring (bicyclic) bond motifs is 1. The van der Waals surface area contributed by atoms with Crippen LogP contribution in [-0.4, -0.2) is 34.7 Å². The van der Waals surface area contributed by atoms with Crippen LogP contribution in [0.5, 0.6) is 0 Å². The lowest BCUT2D eigenvalue weighted by molar-refractivity contribution is -0.139. The van der Waals surface area contributed by atoms with E-state index in [1.165, 1.54) is 11.8 Å². The molecule has 0 fully saturated rings. The van der Waals surface area contributed by atoms with Crippen LogP contribution in [0.4, 0.5) is 5.69 Å². The highest BCUT2D eigenvalue weighted by Gasteiger charge is 2.21. The molecule has 3 N–H and O–H groups in total. The lowest BCUT2D eigenvalue weighted by atomic mass is 10.1. The number of carbonyl (C=O) groups is 3. The van der Waals surface area contributed by atoms with Crippen molar-refractivity contribution in [2.75, 3.05) is 11.1 Å². The van der Waals surface area contributed by atoms with Crippen LogP contribution in [0.3, 0.4) is 0 Å². The van der Waals surface area contributed by atoms with Crippen molar-refractivity contribution in [1.29, 1.82) is 0 Å². The van der Waals surface area contributed by atoms with E-state index in [2.05, 4.69) is 10.6 Å². The average molecular weight is 308 g/mol. The van der Waals surface area contributed by atoms with E-state index in [0.29, 0.717) is 29.8 Å². The van der Waals surface area contributed by atoms with E-state index in [4.69, 9.17) is 5.11 Å². The van der Waals surface area contributed by atoms with Gasteiger partial charge >= 0.3 is 5.97 Å². The second-order valence-electron chi connectivity index (χ2n) is 4.70. The predicted octanol–water partition coefficient (Wildman–Crippen LogP) is 1.71. The summed E-state index contributed by atoms with van der Waals surface area (Å²) in [4.78, 5) is 35.4. The number of carboxylic acids is 1. The van der Waals surface area contributed by atoms with Gasteiger partial charge in [-0.05, 0) is 24.6 Å². The molecule has 0 spiro atoms. The fourth-order valence-electron chi connectivity index (χ4n) is 2.01. The van der Waals surface area contributed by atoms with Crippen molar-refractivity contribution in [2.24, 2.45) is 0 Å². The van der Waals surface area contributed by atoms with E-state index >= 15 is 0 Å². The Kier molecular flexibility index (Phi) is 4.85. The monoisotopic (exact) mass is 308 g/mol. The quantitative estimate of drug-likeness (QED) is 0.769. The van der Waals surface area contributed by atoms with Crippen LogP contribution in [-0.2, 0) is 9.59 Å². The first-order valence-electron chi connectivity index (χ1n) is 6.61. The molecule has 2 rings (SSSR count). The minimum Gasteiger partial charge on any atom is -0.480 e. The Balaban J connectivity index is 2.14. The number of carboxylic acid groups (broad SMARTS) is 1. The van der Waals surface area contributed by atoms with Gasteiger partial charge in [0.25, 0.3) is 5.91 Å². The van der Waals surface area contributed by atoms with Crippen LogP contribution >= 0.6 is 11.8 Å². The van der Waals surface area contributed by atoms with Gasteiger partial charge in [0.15, 0.2) is 0 Å². The molecule has 1 heterocycles. The number of nitrogens with one attached hydrogen (secondary N) is 2. The van der Waals surface area contributed by atoms with Crippen LogP contribution in [0.25, 0.3) is 0 Å².